The molecule has 2 aromatic rings. The van der Waals surface area contributed by atoms with Crippen molar-refractivity contribution in [3.05, 3.63) is 46.7 Å². The molecular formula is C14H15ClN2O. The highest BCUT2D eigenvalue weighted by Crippen LogP contribution is 2.19. The third-order valence-electron chi connectivity index (χ3n) is 2.81. The minimum absolute atomic E-state index is 0.0543. The number of benzene rings is 1. The molecule has 1 aromatic heterocycles. The van der Waals surface area contributed by atoms with Crippen molar-refractivity contribution in [2.24, 2.45) is 0 Å². The summed E-state index contributed by atoms with van der Waals surface area (Å²) in [4.78, 5) is 11.6. The number of Topliss-reactive ketones (excluding diaryl/α,β-unsaturated/α-hetero) is 1. The summed E-state index contributed by atoms with van der Waals surface area (Å²) in [6.07, 6.45) is 3.44. The van der Waals surface area contributed by atoms with Crippen molar-refractivity contribution in [3.8, 4) is 5.69 Å². The number of aromatic nitrogens is 2. The lowest BCUT2D eigenvalue weighted by molar-refractivity contribution is 0.101. The molecule has 0 amide bonds. The Morgan fingerprint density at radius 1 is 1.33 bits per heavy atom. The molecular weight excluding hydrogens is 248 g/mol. The fraction of sp³-hybridized carbons (Fsp3) is 0.286. The number of rotatable bonds is 4. The molecule has 4 heteroatoms. The Bertz CT molecular complexity index is 558. The maximum absolute atomic E-state index is 11.6. The Balaban J connectivity index is 2.50. The molecule has 1 heterocycles. The molecule has 0 radical (unpaired) electrons. The van der Waals surface area contributed by atoms with Gasteiger partial charge in [-0.05, 0) is 37.6 Å². The first-order valence-corrected chi connectivity index (χ1v) is 6.35. The summed E-state index contributed by atoms with van der Waals surface area (Å²) >= 11 is 5.87. The van der Waals surface area contributed by atoms with Crippen molar-refractivity contribution in [3.63, 3.8) is 0 Å². The average molecular weight is 263 g/mol. The summed E-state index contributed by atoms with van der Waals surface area (Å²) in [5, 5.41) is 5.00. The summed E-state index contributed by atoms with van der Waals surface area (Å²) in [7, 11) is 0. The molecule has 0 aliphatic carbocycles. The van der Waals surface area contributed by atoms with Crippen LogP contribution in [0.25, 0.3) is 5.69 Å². The predicted octanol–water partition coefficient (Wildman–Crippen LogP) is 3.68. The van der Waals surface area contributed by atoms with Crippen LogP contribution in [-0.4, -0.2) is 15.6 Å². The van der Waals surface area contributed by atoms with Gasteiger partial charge in [0.05, 0.1) is 23.1 Å². The summed E-state index contributed by atoms with van der Waals surface area (Å²) in [6, 6.07) is 7.44. The lowest BCUT2D eigenvalue weighted by Gasteiger charge is -2.08. The number of carbonyl (C=O) groups excluding carboxylic acids is 1. The Morgan fingerprint density at radius 3 is 2.56 bits per heavy atom. The van der Waals surface area contributed by atoms with E-state index in [1.807, 2.05) is 28.9 Å². The highest BCUT2D eigenvalue weighted by molar-refractivity contribution is 6.30. The molecule has 0 fully saturated rings. The van der Waals surface area contributed by atoms with Gasteiger partial charge >= 0.3 is 0 Å². The van der Waals surface area contributed by atoms with Crippen molar-refractivity contribution in [2.45, 2.75) is 26.7 Å². The van der Waals surface area contributed by atoms with Crippen LogP contribution in [0.4, 0.5) is 0 Å². The van der Waals surface area contributed by atoms with Crippen LogP contribution in [0, 0.1) is 0 Å². The van der Waals surface area contributed by atoms with Crippen LogP contribution in [0.5, 0.6) is 0 Å². The molecule has 0 bridgehead atoms. The van der Waals surface area contributed by atoms with E-state index in [0.717, 1.165) is 24.2 Å². The average Bonchev–Trinajstić information content (AvgIpc) is 2.74. The molecule has 0 saturated heterocycles. The third-order valence-corrected chi connectivity index (χ3v) is 3.06. The second-order valence-electron chi connectivity index (χ2n) is 4.20. The lowest BCUT2D eigenvalue weighted by atomic mass is 10.1. The molecule has 18 heavy (non-hydrogen) atoms. The van der Waals surface area contributed by atoms with E-state index < -0.39 is 0 Å². The van der Waals surface area contributed by atoms with Crippen LogP contribution in [0.2, 0.25) is 5.02 Å². The zero-order valence-corrected chi connectivity index (χ0v) is 11.2. The minimum atomic E-state index is 0.0543. The lowest BCUT2D eigenvalue weighted by Crippen LogP contribution is -2.05. The maximum atomic E-state index is 11.6. The van der Waals surface area contributed by atoms with Gasteiger partial charge in [-0.1, -0.05) is 24.9 Å². The number of hydrogen-bond donors (Lipinski definition) is 0. The van der Waals surface area contributed by atoms with Gasteiger partial charge < -0.3 is 0 Å². The number of nitrogens with zero attached hydrogens (tertiary/aromatic N) is 2. The molecule has 2 rings (SSSR count). The molecule has 0 unspecified atom stereocenters. The van der Waals surface area contributed by atoms with E-state index in [9.17, 15) is 4.79 Å². The van der Waals surface area contributed by atoms with Gasteiger partial charge in [-0.15, -0.1) is 0 Å². The molecule has 1 aromatic carbocycles. The standard InChI is InChI=1S/C14H15ClN2O/c1-3-4-14-13(10(2)18)9-16-17(14)12-7-5-11(15)6-8-12/h5-9H,3-4H2,1-2H3. The van der Waals surface area contributed by atoms with E-state index in [2.05, 4.69) is 12.0 Å². The van der Waals surface area contributed by atoms with Crippen LogP contribution in [0.3, 0.4) is 0 Å². The summed E-state index contributed by atoms with van der Waals surface area (Å²) in [5.74, 6) is 0.0543. The van der Waals surface area contributed by atoms with Gasteiger partial charge in [0.1, 0.15) is 0 Å². The second-order valence-corrected chi connectivity index (χ2v) is 4.64. The topological polar surface area (TPSA) is 34.9 Å². The van der Waals surface area contributed by atoms with Gasteiger partial charge in [-0.2, -0.15) is 5.10 Å². The van der Waals surface area contributed by atoms with E-state index in [1.54, 1.807) is 13.1 Å². The van der Waals surface area contributed by atoms with Crippen LogP contribution < -0.4 is 0 Å². The fourth-order valence-corrected chi connectivity index (χ4v) is 2.08. The molecule has 0 atom stereocenters. The minimum Gasteiger partial charge on any atom is -0.294 e. The van der Waals surface area contributed by atoms with Gasteiger partial charge in [0.2, 0.25) is 0 Å². The molecule has 0 saturated carbocycles. The third kappa shape index (κ3) is 2.46. The second kappa shape index (κ2) is 5.36. The van der Waals surface area contributed by atoms with Gasteiger partial charge in [0, 0.05) is 5.02 Å². The van der Waals surface area contributed by atoms with Crippen LogP contribution in [0.1, 0.15) is 36.3 Å². The predicted molar refractivity (Wildman–Crippen MR) is 72.6 cm³/mol. The summed E-state index contributed by atoms with van der Waals surface area (Å²) in [5.41, 5.74) is 2.59. The van der Waals surface area contributed by atoms with Gasteiger partial charge in [0.25, 0.3) is 0 Å². The van der Waals surface area contributed by atoms with Crippen LogP contribution in [-0.2, 0) is 6.42 Å². The smallest absolute Gasteiger partial charge is 0.163 e. The summed E-state index contributed by atoms with van der Waals surface area (Å²) in [6.45, 7) is 3.66. The number of ketones is 1. The first kappa shape index (κ1) is 12.8. The van der Waals surface area contributed by atoms with Crippen molar-refractivity contribution in [1.82, 2.24) is 9.78 Å². The highest BCUT2D eigenvalue weighted by Gasteiger charge is 2.14. The van der Waals surface area contributed by atoms with E-state index >= 15 is 0 Å². The molecule has 3 nitrogen and oxygen atoms in total. The molecule has 0 N–H and O–H groups in total. The van der Waals surface area contributed by atoms with Crippen molar-refractivity contribution >= 4 is 17.4 Å². The highest BCUT2D eigenvalue weighted by atomic mass is 35.5. The van der Waals surface area contributed by atoms with Crippen molar-refractivity contribution in [2.75, 3.05) is 0 Å². The summed E-state index contributed by atoms with van der Waals surface area (Å²) < 4.78 is 1.82. The molecule has 0 aliphatic heterocycles. The molecule has 0 aliphatic rings. The quantitative estimate of drug-likeness (QED) is 0.788. The van der Waals surface area contributed by atoms with Crippen LogP contribution in [0.15, 0.2) is 30.5 Å². The van der Waals surface area contributed by atoms with Gasteiger partial charge in [0.15, 0.2) is 5.78 Å². The SMILES string of the molecule is CCCc1c(C(C)=O)cnn1-c1ccc(Cl)cc1. The number of halogens is 1. The first-order valence-electron chi connectivity index (χ1n) is 5.97. The molecule has 0 spiro atoms. The largest absolute Gasteiger partial charge is 0.294 e. The first-order chi connectivity index (χ1) is 8.63. The normalized spacial score (nSPS) is 10.6. The Hall–Kier alpha value is -1.61. The molecule has 94 valence electrons. The number of carbonyl (C=O) groups is 1. The number of hydrogen-bond acceptors (Lipinski definition) is 2. The van der Waals surface area contributed by atoms with Crippen molar-refractivity contribution < 1.29 is 4.79 Å². The zero-order valence-electron chi connectivity index (χ0n) is 10.5. The van der Waals surface area contributed by atoms with E-state index in [4.69, 9.17) is 11.6 Å². The van der Waals surface area contributed by atoms with Gasteiger partial charge in [-0.25, -0.2) is 4.68 Å². The monoisotopic (exact) mass is 262 g/mol. The van der Waals surface area contributed by atoms with E-state index in [0.29, 0.717) is 10.6 Å². The van der Waals surface area contributed by atoms with Crippen molar-refractivity contribution in [1.29, 1.82) is 0 Å². The van der Waals surface area contributed by atoms with E-state index in [-0.39, 0.29) is 5.78 Å². The Morgan fingerprint density at radius 2 is 2.00 bits per heavy atom. The fourth-order valence-electron chi connectivity index (χ4n) is 1.95. The Kier molecular flexibility index (Phi) is 3.82. The van der Waals surface area contributed by atoms with E-state index in [1.165, 1.54) is 0 Å². The van der Waals surface area contributed by atoms with Crippen LogP contribution >= 0.6 is 11.6 Å². The maximum Gasteiger partial charge on any atom is 0.163 e. The zero-order chi connectivity index (χ0) is 13.1. The van der Waals surface area contributed by atoms with Gasteiger partial charge in [-0.3, -0.25) is 4.79 Å². The Labute approximate surface area is 111 Å².